The molecule has 0 bridgehead atoms. The standard InChI is InChI=1S/C17H34/c1-12(2)16-9-7-15(8-10-16)11-17(13(3)4)14(5)6/h12-17H,7-11H2,1-6H3. The summed E-state index contributed by atoms with van der Waals surface area (Å²) < 4.78 is 0. The van der Waals surface area contributed by atoms with Crippen LogP contribution in [0.15, 0.2) is 0 Å². The van der Waals surface area contributed by atoms with Crippen LogP contribution in [-0.2, 0) is 0 Å². The minimum absolute atomic E-state index is 0.859. The smallest absolute Gasteiger partial charge is 0.0365 e. The molecule has 0 amide bonds. The SMILES string of the molecule is CC(C)C1CCC(CC(C(C)C)C(C)C)CC1. The lowest BCUT2D eigenvalue weighted by atomic mass is 9.71. The molecule has 0 spiro atoms. The van der Waals surface area contributed by atoms with E-state index in [9.17, 15) is 0 Å². The molecule has 0 heterocycles. The Morgan fingerprint density at radius 2 is 1.24 bits per heavy atom. The molecule has 0 atom stereocenters. The second-order valence-corrected chi connectivity index (χ2v) is 7.41. The molecule has 0 nitrogen and oxygen atoms in total. The predicted octanol–water partition coefficient (Wildman–Crippen LogP) is 5.77. The first-order chi connectivity index (χ1) is 7.91. The maximum Gasteiger partial charge on any atom is -0.0365 e. The second-order valence-electron chi connectivity index (χ2n) is 7.41. The van der Waals surface area contributed by atoms with Gasteiger partial charge in [-0.05, 0) is 54.8 Å². The van der Waals surface area contributed by atoms with E-state index in [1.165, 1.54) is 32.1 Å². The van der Waals surface area contributed by atoms with Crippen LogP contribution in [0, 0.1) is 35.5 Å². The Morgan fingerprint density at radius 3 is 1.59 bits per heavy atom. The number of hydrogen-bond acceptors (Lipinski definition) is 0. The monoisotopic (exact) mass is 238 g/mol. The van der Waals surface area contributed by atoms with E-state index in [-0.39, 0.29) is 0 Å². The van der Waals surface area contributed by atoms with Gasteiger partial charge in [0.05, 0.1) is 0 Å². The third-order valence-corrected chi connectivity index (χ3v) is 5.15. The van der Waals surface area contributed by atoms with Gasteiger partial charge in [0.2, 0.25) is 0 Å². The number of hydrogen-bond donors (Lipinski definition) is 0. The molecule has 1 aliphatic rings. The minimum atomic E-state index is 0.859. The van der Waals surface area contributed by atoms with E-state index in [2.05, 4.69) is 41.5 Å². The van der Waals surface area contributed by atoms with Crippen LogP contribution in [0.1, 0.15) is 73.6 Å². The van der Waals surface area contributed by atoms with E-state index in [1.54, 1.807) is 0 Å². The number of rotatable bonds is 5. The molecule has 0 heteroatoms. The quantitative estimate of drug-likeness (QED) is 0.570. The average Bonchev–Trinajstić information content (AvgIpc) is 2.25. The summed E-state index contributed by atoms with van der Waals surface area (Å²) in [5.74, 6) is 5.61. The van der Waals surface area contributed by atoms with Gasteiger partial charge in [-0.2, -0.15) is 0 Å². The summed E-state index contributed by atoms with van der Waals surface area (Å²) in [6, 6.07) is 0. The summed E-state index contributed by atoms with van der Waals surface area (Å²) >= 11 is 0. The highest BCUT2D eigenvalue weighted by Crippen LogP contribution is 2.38. The van der Waals surface area contributed by atoms with Gasteiger partial charge in [0, 0.05) is 0 Å². The third-order valence-electron chi connectivity index (χ3n) is 5.15. The molecule has 17 heavy (non-hydrogen) atoms. The molecule has 0 aromatic rings. The normalized spacial score (nSPS) is 26.5. The van der Waals surface area contributed by atoms with Crippen LogP contribution >= 0.6 is 0 Å². The molecular formula is C17H34. The van der Waals surface area contributed by atoms with Gasteiger partial charge in [0.15, 0.2) is 0 Å². The summed E-state index contributed by atoms with van der Waals surface area (Å²) in [6.45, 7) is 14.4. The minimum Gasteiger partial charge on any atom is -0.0625 e. The summed E-state index contributed by atoms with van der Waals surface area (Å²) in [5, 5.41) is 0. The lowest BCUT2D eigenvalue weighted by Crippen LogP contribution is -2.24. The molecule has 0 unspecified atom stereocenters. The molecule has 0 radical (unpaired) electrons. The van der Waals surface area contributed by atoms with Gasteiger partial charge in [-0.3, -0.25) is 0 Å². The van der Waals surface area contributed by atoms with E-state index < -0.39 is 0 Å². The van der Waals surface area contributed by atoms with Gasteiger partial charge >= 0.3 is 0 Å². The first kappa shape index (κ1) is 15.1. The fourth-order valence-electron chi connectivity index (χ4n) is 3.79. The Bertz CT molecular complexity index is 186. The van der Waals surface area contributed by atoms with Crippen molar-refractivity contribution in [2.45, 2.75) is 73.6 Å². The Labute approximate surface area is 110 Å². The first-order valence-electron chi connectivity index (χ1n) is 7.91. The topological polar surface area (TPSA) is 0 Å². The van der Waals surface area contributed by atoms with Gasteiger partial charge in [-0.1, -0.05) is 54.4 Å². The molecule has 1 aliphatic carbocycles. The van der Waals surface area contributed by atoms with Crippen molar-refractivity contribution in [3.05, 3.63) is 0 Å². The van der Waals surface area contributed by atoms with Crippen LogP contribution in [0.2, 0.25) is 0 Å². The van der Waals surface area contributed by atoms with Crippen molar-refractivity contribution >= 4 is 0 Å². The maximum atomic E-state index is 2.41. The van der Waals surface area contributed by atoms with Crippen molar-refractivity contribution in [2.75, 3.05) is 0 Å². The molecule has 1 fully saturated rings. The lowest BCUT2D eigenvalue weighted by Gasteiger charge is -2.35. The molecule has 0 aromatic heterocycles. The van der Waals surface area contributed by atoms with Crippen LogP contribution < -0.4 is 0 Å². The third kappa shape index (κ3) is 4.64. The van der Waals surface area contributed by atoms with Crippen LogP contribution in [0.4, 0.5) is 0 Å². The Hall–Kier alpha value is 0. The van der Waals surface area contributed by atoms with E-state index >= 15 is 0 Å². The molecule has 0 N–H and O–H groups in total. The van der Waals surface area contributed by atoms with Crippen LogP contribution in [0.5, 0.6) is 0 Å². The molecule has 0 aliphatic heterocycles. The van der Waals surface area contributed by atoms with E-state index in [0.717, 1.165) is 35.5 Å². The van der Waals surface area contributed by atoms with E-state index in [0.29, 0.717) is 0 Å². The van der Waals surface area contributed by atoms with Crippen molar-refractivity contribution in [1.82, 2.24) is 0 Å². The van der Waals surface area contributed by atoms with Gasteiger partial charge in [0.25, 0.3) is 0 Å². The molecule has 1 saturated carbocycles. The Kier molecular flexibility index (Phi) is 6.03. The zero-order valence-corrected chi connectivity index (χ0v) is 13.0. The summed E-state index contributed by atoms with van der Waals surface area (Å²) in [4.78, 5) is 0. The van der Waals surface area contributed by atoms with Gasteiger partial charge in [-0.25, -0.2) is 0 Å². The summed E-state index contributed by atoms with van der Waals surface area (Å²) in [5.41, 5.74) is 0. The zero-order chi connectivity index (χ0) is 13.0. The van der Waals surface area contributed by atoms with E-state index in [1.807, 2.05) is 0 Å². The fourth-order valence-corrected chi connectivity index (χ4v) is 3.79. The van der Waals surface area contributed by atoms with Crippen molar-refractivity contribution in [2.24, 2.45) is 35.5 Å². The van der Waals surface area contributed by atoms with Crippen LogP contribution in [0.25, 0.3) is 0 Å². The van der Waals surface area contributed by atoms with Crippen molar-refractivity contribution in [1.29, 1.82) is 0 Å². The molecule has 102 valence electrons. The highest BCUT2D eigenvalue weighted by Gasteiger charge is 2.27. The maximum absolute atomic E-state index is 2.41. The highest BCUT2D eigenvalue weighted by atomic mass is 14.3. The molecule has 0 aromatic carbocycles. The first-order valence-corrected chi connectivity index (χ1v) is 7.91. The van der Waals surface area contributed by atoms with Crippen molar-refractivity contribution in [3.63, 3.8) is 0 Å². The van der Waals surface area contributed by atoms with E-state index in [4.69, 9.17) is 0 Å². The van der Waals surface area contributed by atoms with Crippen LogP contribution in [-0.4, -0.2) is 0 Å². The average molecular weight is 238 g/mol. The lowest BCUT2D eigenvalue weighted by molar-refractivity contribution is 0.162. The second kappa shape index (κ2) is 6.81. The van der Waals surface area contributed by atoms with Gasteiger partial charge in [0.1, 0.15) is 0 Å². The summed E-state index contributed by atoms with van der Waals surface area (Å²) in [7, 11) is 0. The predicted molar refractivity (Wildman–Crippen MR) is 78.1 cm³/mol. The Balaban J connectivity index is 2.38. The van der Waals surface area contributed by atoms with Gasteiger partial charge in [-0.15, -0.1) is 0 Å². The van der Waals surface area contributed by atoms with Gasteiger partial charge < -0.3 is 0 Å². The Morgan fingerprint density at radius 1 is 0.765 bits per heavy atom. The highest BCUT2D eigenvalue weighted by molar-refractivity contribution is 4.78. The van der Waals surface area contributed by atoms with Crippen LogP contribution in [0.3, 0.4) is 0 Å². The molecular weight excluding hydrogens is 204 g/mol. The molecule has 1 rings (SSSR count). The van der Waals surface area contributed by atoms with Crippen molar-refractivity contribution in [3.8, 4) is 0 Å². The zero-order valence-electron chi connectivity index (χ0n) is 13.0. The fraction of sp³-hybridized carbons (Fsp3) is 1.00. The van der Waals surface area contributed by atoms with Crippen molar-refractivity contribution < 1.29 is 0 Å². The molecule has 0 saturated heterocycles. The largest absolute Gasteiger partial charge is 0.0625 e. The summed E-state index contributed by atoms with van der Waals surface area (Å²) in [6.07, 6.45) is 7.47.